The van der Waals surface area contributed by atoms with E-state index in [0.717, 1.165) is 25.7 Å². The van der Waals surface area contributed by atoms with E-state index in [1.54, 1.807) is 42.5 Å². The Morgan fingerprint density at radius 3 is 2.38 bits per heavy atom. The van der Waals surface area contributed by atoms with Crippen molar-refractivity contribution in [2.24, 2.45) is 4.99 Å². The molecule has 0 saturated carbocycles. The summed E-state index contributed by atoms with van der Waals surface area (Å²) in [4.78, 5) is 16.5. The summed E-state index contributed by atoms with van der Waals surface area (Å²) in [6.45, 7) is 2.58. The standard InChI is InChI=1S/C21H27N3O4S/c1-3-4-5-11-16-22-21(24-29(26,27)17-12-7-6-8-13-17)23-19-15-10-9-14-18(19)20(25)28-2/h6-10,12-15H,3-5,11,16H2,1-2H3,(H2,22,23,24). The molecule has 29 heavy (non-hydrogen) atoms. The van der Waals surface area contributed by atoms with Crippen molar-refractivity contribution in [2.45, 2.75) is 37.5 Å². The van der Waals surface area contributed by atoms with Crippen molar-refractivity contribution < 1.29 is 17.9 Å². The predicted molar refractivity (Wildman–Crippen MR) is 115 cm³/mol. The molecule has 2 aromatic rings. The number of para-hydroxylation sites is 1. The maximum atomic E-state index is 12.7. The monoisotopic (exact) mass is 417 g/mol. The van der Waals surface area contributed by atoms with Gasteiger partial charge < -0.3 is 10.1 Å². The van der Waals surface area contributed by atoms with Crippen LogP contribution in [0, 0.1) is 0 Å². The van der Waals surface area contributed by atoms with Gasteiger partial charge in [0.1, 0.15) is 0 Å². The molecule has 7 nitrogen and oxygen atoms in total. The van der Waals surface area contributed by atoms with E-state index in [2.05, 4.69) is 22.0 Å². The Bertz CT molecular complexity index is 928. The summed E-state index contributed by atoms with van der Waals surface area (Å²) in [7, 11) is -2.53. The fraction of sp³-hybridized carbons (Fsp3) is 0.333. The van der Waals surface area contributed by atoms with E-state index in [4.69, 9.17) is 4.74 Å². The highest BCUT2D eigenvalue weighted by Gasteiger charge is 2.18. The number of unbranched alkanes of at least 4 members (excludes halogenated alkanes) is 3. The Morgan fingerprint density at radius 1 is 1.00 bits per heavy atom. The van der Waals surface area contributed by atoms with Crippen LogP contribution < -0.4 is 10.0 Å². The number of methoxy groups -OCH3 is 1. The van der Waals surface area contributed by atoms with Gasteiger partial charge in [-0.25, -0.2) is 17.9 Å². The van der Waals surface area contributed by atoms with Gasteiger partial charge in [-0.2, -0.15) is 0 Å². The van der Waals surface area contributed by atoms with E-state index in [9.17, 15) is 13.2 Å². The maximum Gasteiger partial charge on any atom is 0.339 e. The number of carbonyl (C=O) groups excluding carboxylic acids is 1. The van der Waals surface area contributed by atoms with Crippen molar-refractivity contribution in [3.05, 3.63) is 60.2 Å². The van der Waals surface area contributed by atoms with Crippen LogP contribution in [0.15, 0.2) is 64.5 Å². The van der Waals surface area contributed by atoms with Gasteiger partial charge >= 0.3 is 5.97 Å². The first-order valence-electron chi connectivity index (χ1n) is 9.54. The number of sulfonamides is 1. The van der Waals surface area contributed by atoms with Crippen LogP contribution in [0.4, 0.5) is 5.69 Å². The first-order chi connectivity index (χ1) is 14.0. The highest BCUT2D eigenvalue weighted by Crippen LogP contribution is 2.16. The first kappa shape index (κ1) is 22.4. The van der Waals surface area contributed by atoms with E-state index < -0.39 is 16.0 Å². The molecule has 0 bridgehead atoms. The summed E-state index contributed by atoms with van der Waals surface area (Å²) >= 11 is 0. The topological polar surface area (TPSA) is 96.9 Å². The van der Waals surface area contributed by atoms with Gasteiger partial charge in [-0.05, 0) is 30.7 Å². The molecule has 2 N–H and O–H groups in total. The number of carbonyl (C=O) groups is 1. The van der Waals surface area contributed by atoms with Crippen LogP contribution in [-0.4, -0.2) is 34.0 Å². The number of anilines is 1. The number of guanidine groups is 1. The Kier molecular flexibility index (Phi) is 8.67. The number of esters is 1. The number of hydrogen-bond acceptors (Lipinski definition) is 5. The van der Waals surface area contributed by atoms with Gasteiger partial charge in [0.2, 0.25) is 5.96 Å². The number of hydrogen-bond donors (Lipinski definition) is 2. The Morgan fingerprint density at radius 2 is 1.69 bits per heavy atom. The van der Waals surface area contributed by atoms with Crippen LogP contribution in [0.3, 0.4) is 0 Å². The molecule has 2 rings (SSSR count). The van der Waals surface area contributed by atoms with Crippen LogP contribution in [0.2, 0.25) is 0 Å². The molecule has 0 fully saturated rings. The minimum absolute atomic E-state index is 0.0571. The number of nitrogens with zero attached hydrogens (tertiary/aromatic N) is 1. The van der Waals surface area contributed by atoms with E-state index in [1.807, 2.05) is 0 Å². The van der Waals surface area contributed by atoms with Crippen molar-refractivity contribution >= 4 is 27.6 Å². The summed E-state index contributed by atoms with van der Waals surface area (Å²) in [5.41, 5.74) is 0.690. The zero-order valence-corrected chi connectivity index (χ0v) is 17.5. The average molecular weight is 418 g/mol. The fourth-order valence-corrected chi connectivity index (χ4v) is 3.62. The normalized spacial score (nSPS) is 11.7. The minimum Gasteiger partial charge on any atom is -0.465 e. The average Bonchev–Trinajstić information content (AvgIpc) is 2.73. The number of ether oxygens (including phenoxy) is 1. The van der Waals surface area contributed by atoms with Crippen LogP contribution in [-0.2, 0) is 14.8 Å². The summed E-state index contributed by atoms with van der Waals surface area (Å²) in [6.07, 6.45) is 4.04. The first-order valence-corrected chi connectivity index (χ1v) is 11.0. The van der Waals surface area contributed by atoms with Crippen molar-refractivity contribution in [1.29, 1.82) is 0 Å². The summed E-state index contributed by atoms with van der Waals surface area (Å²) in [5.74, 6) is -0.469. The Labute approximate surface area is 172 Å². The lowest BCUT2D eigenvalue weighted by Crippen LogP contribution is -2.36. The third kappa shape index (κ3) is 6.90. The van der Waals surface area contributed by atoms with Crippen LogP contribution in [0.25, 0.3) is 0 Å². The number of nitrogens with one attached hydrogen (secondary N) is 2. The van der Waals surface area contributed by atoms with Gasteiger partial charge in [0, 0.05) is 6.54 Å². The second-order valence-corrected chi connectivity index (χ2v) is 8.05. The van der Waals surface area contributed by atoms with E-state index in [0.29, 0.717) is 12.2 Å². The molecule has 0 atom stereocenters. The van der Waals surface area contributed by atoms with E-state index in [1.165, 1.54) is 19.2 Å². The van der Waals surface area contributed by atoms with Gasteiger partial charge in [-0.3, -0.25) is 4.99 Å². The SMILES string of the molecule is CCCCCCN=C(Nc1ccccc1C(=O)OC)NS(=O)(=O)c1ccccc1. The Hall–Kier alpha value is -2.87. The van der Waals surface area contributed by atoms with Crippen molar-refractivity contribution in [1.82, 2.24) is 4.72 Å². The lowest BCUT2D eigenvalue weighted by molar-refractivity contribution is 0.0602. The molecule has 156 valence electrons. The largest absolute Gasteiger partial charge is 0.465 e. The highest BCUT2D eigenvalue weighted by molar-refractivity contribution is 7.90. The second-order valence-electron chi connectivity index (χ2n) is 6.37. The van der Waals surface area contributed by atoms with Crippen molar-refractivity contribution in [2.75, 3.05) is 19.0 Å². The van der Waals surface area contributed by atoms with E-state index >= 15 is 0 Å². The number of aliphatic imine (C=N–C) groups is 1. The molecule has 0 saturated heterocycles. The lowest BCUT2D eigenvalue weighted by atomic mass is 10.2. The lowest BCUT2D eigenvalue weighted by Gasteiger charge is -2.15. The number of rotatable bonds is 9. The molecule has 0 aliphatic carbocycles. The summed E-state index contributed by atoms with van der Waals surface area (Å²) < 4.78 is 32.7. The molecular weight excluding hydrogens is 390 g/mol. The van der Waals surface area contributed by atoms with Gasteiger partial charge in [0.15, 0.2) is 0 Å². The molecule has 0 aromatic heterocycles. The third-order valence-corrected chi connectivity index (χ3v) is 5.51. The summed E-state index contributed by atoms with van der Waals surface area (Å²) in [6, 6.07) is 14.7. The molecule has 0 aliphatic rings. The van der Waals surface area contributed by atoms with Gasteiger partial charge in [0.05, 0.1) is 23.3 Å². The van der Waals surface area contributed by atoms with Crippen LogP contribution in [0.1, 0.15) is 43.0 Å². The molecule has 0 aliphatic heterocycles. The molecular formula is C21H27N3O4S. The molecule has 0 amide bonds. The fourth-order valence-electron chi connectivity index (χ4n) is 2.62. The molecule has 2 aromatic carbocycles. The minimum atomic E-state index is -3.83. The smallest absolute Gasteiger partial charge is 0.339 e. The number of benzene rings is 2. The van der Waals surface area contributed by atoms with Gasteiger partial charge in [0.25, 0.3) is 10.0 Å². The zero-order valence-electron chi connectivity index (χ0n) is 16.7. The predicted octanol–water partition coefficient (Wildman–Crippen LogP) is 3.80. The molecule has 0 radical (unpaired) electrons. The summed E-state index contributed by atoms with van der Waals surface area (Å²) in [5, 5.41) is 2.94. The van der Waals surface area contributed by atoms with Gasteiger partial charge in [-0.15, -0.1) is 0 Å². The second kappa shape index (κ2) is 11.2. The van der Waals surface area contributed by atoms with E-state index in [-0.39, 0.29) is 16.4 Å². The molecule has 0 spiro atoms. The van der Waals surface area contributed by atoms with Gasteiger partial charge in [-0.1, -0.05) is 56.5 Å². The van der Waals surface area contributed by atoms with Crippen molar-refractivity contribution in [3.8, 4) is 0 Å². The maximum absolute atomic E-state index is 12.7. The zero-order chi connectivity index (χ0) is 21.1. The molecule has 8 heteroatoms. The molecule has 0 unspecified atom stereocenters. The van der Waals surface area contributed by atoms with Crippen molar-refractivity contribution in [3.63, 3.8) is 0 Å². The quantitative estimate of drug-likeness (QED) is 0.280. The molecule has 0 heterocycles. The Balaban J connectivity index is 2.26. The van der Waals surface area contributed by atoms with Crippen LogP contribution in [0.5, 0.6) is 0 Å². The van der Waals surface area contributed by atoms with Crippen LogP contribution >= 0.6 is 0 Å². The third-order valence-electron chi connectivity index (χ3n) is 4.15. The highest BCUT2D eigenvalue weighted by atomic mass is 32.2.